The van der Waals surface area contributed by atoms with Crippen LogP contribution in [0.3, 0.4) is 0 Å². The molecule has 1 atom stereocenters. The number of amides is 2. The molecule has 0 aromatic heterocycles. The third-order valence-electron chi connectivity index (χ3n) is 4.83. The normalized spacial score (nSPS) is 18.7. The molecule has 7 nitrogen and oxygen atoms in total. The highest BCUT2D eigenvalue weighted by Crippen LogP contribution is 2.31. The van der Waals surface area contributed by atoms with Crippen LogP contribution in [-0.2, 0) is 4.74 Å². The number of fused-ring (bicyclic) bond motifs is 1. The van der Waals surface area contributed by atoms with Crippen LogP contribution in [-0.4, -0.2) is 42.1 Å². The van der Waals surface area contributed by atoms with Gasteiger partial charge >= 0.3 is 5.97 Å². The quantitative estimate of drug-likeness (QED) is 0.790. The Balaban J connectivity index is 1.63. The molecule has 1 saturated heterocycles. The zero-order valence-electron chi connectivity index (χ0n) is 14.5. The van der Waals surface area contributed by atoms with E-state index in [9.17, 15) is 19.5 Å². The number of anilines is 2. The topological polar surface area (TPSA) is 95.9 Å². The van der Waals surface area contributed by atoms with E-state index in [4.69, 9.17) is 4.74 Å². The molecule has 2 amide bonds. The Labute approximate surface area is 155 Å². The van der Waals surface area contributed by atoms with E-state index in [0.29, 0.717) is 23.4 Å². The maximum Gasteiger partial charge on any atom is 0.337 e. The van der Waals surface area contributed by atoms with Gasteiger partial charge in [0.2, 0.25) is 0 Å². The summed E-state index contributed by atoms with van der Waals surface area (Å²) in [5, 5.41) is 12.7. The van der Waals surface area contributed by atoms with E-state index in [1.165, 1.54) is 6.07 Å². The van der Waals surface area contributed by atoms with Crippen molar-refractivity contribution < 1.29 is 24.2 Å². The summed E-state index contributed by atoms with van der Waals surface area (Å²) >= 11 is 0. The van der Waals surface area contributed by atoms with Gasteiger partial charge in [0.25, 0.3) is 11.8 Å². The third kappa shape index (κ3) is 3.06. The smallest absolute Gasteiger partial charge is 0.337 e. The second-order valence-corrected chi connectivity index (χ2v) is 6.54. The highest BCUT2D eigenvalue weighted by Gasteiger charge is 2.36. The van der Waals surface area contributed by atoms with Gasteiger partial charge in [-0.3, -0.25) is 9.59 Å². The summed E-state index contributed by atoms with van der Waals surface area (Å²) in [5.41, 5.74) is 1.31. The summed E-state index contributed by atoms with van der Waals surface area (Å²) in [6, 6.07) is 11.1. The number of aromatic carboxylic acids is 1. The molecule has 0 aliphatic carbocycles. The van der Waals surface area contributed by atoms with Crippen molar-refractivity contribution in [3.8, 4) is 0 Å². The molecule has 7 heteroatoms. The molecule has 1 unspecified atom stereocenters. The first-order valence-corrected chi connectivity index (χ1v) is 8.77. The number of carboxylic acid groups (broad SMARTS) is 1. The monoisotopic (exact) mass is 366 g/mol. The summed E-state index contributed by atoms with van der Waals surface area (Å²) in [6.07, 6.45) is 1.99. The van der Waals surface area contributed by atoms with Gasteiger partial charge in [0, 0.05) is 18.8 Å². The van der Waals surface area contributed by atoms with Gasteiger partial charge in [-0.15, -0.1) is 0 Å². The van der Waals surface area contributed by atoms with E-state index >= 15 is 0 Å². The molecule has 27 heavy (non-hydrogen) atoms. The van der Waals surface area contributed by atoms with Crippen LogP contribution in [0.15, 0.2) is 42.5 Å². The van der Waals surface area contributed by atoms with Crippen LogP contribution in [0.2, 0.25) is 0 Å². The molecular formula is C20H18N2O5. The van der Waals surface area contributed by atoms with Crippen molar-refractivity contribution >= 4 is 29.2 Å². The van der Waals surface area contributed by atoms with Crippen LogP contribution < -0.4 is 10.2 Å². The Hall–Kier alpha value is -3.19. The molecule has 2 N–H and O–H groups in total. The van der Waals surface area contributed by atoms with Crippen molar-refractivity contribution in [1.82, 2.24) is 0 Å². The van der Waals surface area contributed by atoms with E-state index in [1.54, 1.807) is 36.4 Å². The predicted molar refractivity (Wildman–Crippen MR) is 98.4 cm³/mol. The Morgan fingerprint density at radius 2 is 1.85 bits per heavy atom. The second-order valence-electron chi connectivity index (χ2n) is 6.54. The lowest BCUT2D eigenvalue weighted by Crippen LogP contribution is -2.29. The predicted octanol–water partition coefficient (Wildman–Crippen LogP) is 2.78. The fourth-order valence-electron chi connectivity index (χ4n) is 3.46. The van der Waals surface area contributed by atoms with Gasteiger partial charge < -0.3 is 15.2 Å². The average molecular weight is 366 g/mol. The number of hydrogen-bond donors (Lipinski definition) is 2. The molecule has 0 saturated carbocycles. The Kier molecular flexibility index (Phi) is 4.37. The fourth-order valence-corrected chi connectivity index (χ4v) is 3.46. The molecule has 0 spiro atoms. The largest absolute Gasteiger partial charge is 0.478 e. The van der Waals surface area contributed by atoms with E-state index in [0.717, 1.165) is 24.3 Å². The van der Waals surface area contributed by atoms with Crippen LogP contribution in [0, 0.1) is 0 Å². The summed E-state index contributed by atoms with van der Waals surface area (Å²) < 4.78 is 5.54. The van der Waals surface area contributed by atoms with Crippen molar-refractivity contribution in [2.24, 2.45) is 0 Å². The van der Waals surface area contributed by atoms with E-state index in [2.05, 4.69) is 5.32 Å². The molecule has 2 aromatic carbocycles. The summed E-state index contributed by atoms with van der Waals surface area (Å²) in [7, 11) is 0. The number of ether oxygens (including phenoxy) is 1. The van der Waals surface area contributed by atoms with E-state index in [1.807, 2.05) is 0 Å². The lowest BCUT2D eigenvalue weighted by molar-refractivity contribution is 0.0696. The summed E-state index contributed by atoms with van der Waals surface area (Å²) in [6.45, 7) is 1.23. The maximum absolute atomic E-state index is 12.6. The minimum absolute atomic E-state index is 0.00190. The van der Waals surface area contributed by atoms with Crippen molar-refractivity contribution in [3.05, 3.63) is 59.2 Å². The van der Waals surface area contributed by atoms with Crippen molar-refractivity contribution in [2.45, 2.75) is 18.9 Å². The molecule has 0 bridgehead atoms. The summed E-state index contributed by atoms with van der Waals surface area (Å²) in [4.78, 5) is 37.9. The molecule has 2 aliphatic heterocycles. The summed E-state index contributed by atoms with van der Waals surface area (Å²) in [5.74, 6) is -2.04. The van der Waals surface area contributed by atoms with Crippen LogP contribution in [0.4, 0.5) is 11.4 Å². The van der Waals surface area contributed by atoms with Gasteiger partial charge in [-0.2, -0.15) is 0 Å². The molecule has 1 fully saturated rings. The number of rotatable bonds is 5. The molecular weight excluding hydrogens is 348 g/mol. The molecule has 2 aromatic rings. The first kappa shape index (κ1) is 17.2. The first-order chi connectivity index (χ1) is 13.1. The zero-order chi connectivity index (χ0) is 19.0. The van der Waals surface area contributed by atoms with Crippen molar-refractivity contribution in [1.29, 1.82) is 0 Å². The van der Waals surface area contributed by atoms with Gasteiger partial charge in [-0.05, 0) is 43.2 Å². The molecule has 0 radical (unpaired) electrons. The lowest BCUT2D eigenvalue weighted by atomic mass is 10.1. The lowest BCUT2D eigenvalue weighted by Gasteiger charge is -2.18. The van der Waals surface area contributed by atoms with Gasteiger partial charge in [0.15, 0.2) is 0 Å². The number of nitrogens with one attached hydrogen (secondary N) is 1. The van der Waals surface area contributed by atoms with Crippen LogP contribution >= 0.6 is 0 Å². The Bertz CT molecular complexity index is 899. The average Bonchev–Trinajstić information content (AvgIpc) is 3.28. The van der Waals surface area contributed by atoms with Gasteiger partial charge in [0.05, 0.1) is 28.5 Å². The van der Waals surface area contributed by atoms with Crippen molar-refractivity contribution in [3.63, 3.8) is 0 Å². The van der Waals surface area contributed by atoms with Gasteiger partial charge in [-0.1, -0.05) is 12.1 Å². The van der Waals surface area contributed by atoms with E-state index < -0.39 is 17.8 Å². The zero-order valence-corrected chi connectivity index (χ0v) is 14.5. The maximum atomic E-state index is 12.6. The number of carboxylic acids is 1. The second kappa shape index (κ2) is 6.85. The van der Waals surface area contributed by atoms with Crippen LogP contribution in [0.1, 0.15) is 43.9 Å². The van der Waals surface area contributed by atoms with Gasteiger partial charge in [0.1, 0.15) is 0 Å². The molecule has 4 rings (SSSR count). The fraction of sp³-hybridized carbons (Fsp3) is 0.250. The minimum Gasteiger partial charge on any atom is -0.478 e. The van der Waals surface area contributed by atoms with Crippen LogP contribution in [0.5, 0.6) is 0 Å². The Morgan fingerprint density at radius 3 is 2.44 bits per heavy atom. The molecule has 2 aliphatic rings. The first-order valence-electron chi connectivity index (χ1n) is 8.77. The standard InChI is InChI=1S/C20H18N2O5/c23-18-14-5-1-2-6-15(14)19(24)22(18)12-7-8-17(16(10-12)20(25)26)21-11-13-4-3-9-27-13/h1-2,5-8,10,13,21H,3-4,9,11H2,(H,25,26). The molecule has 2 heterocycles. The number of hydrogen-bond acceptors (Lipinski definition) is 5. The Morgan fingerprint density at radius 1 is 1.15 bits per heavy atom. The van der Waals surface area contributed by atoms with Crippen molar-refractivity contribution in [2.75, 3.05) is 23.4 Å². The highest BCUT2D eigenvalue weighted by atomic mass is 16.5. The highest BCUT2D eigenvalue weighted by molar-refractivity contribution is 6.34. The number of carbonyl (C=O) groups excluding carboxylic acids is 2. The number of nitrogens with zero attached hydrogens (tertiary/aromatic N) is 1. The molecule has 138 valence electrons. The minimum atomic E-state index is -1.14. The van der Waals surface area contributed by atoms with E-state index in [-0.39, 0.29) is 17.4 Å². The third-order valence-corrected chi connectivity index (χ3v) is 4.83. The number of benzene rings is 2. The number of carbonyl (C=O) groups is 3. The van der Waals surface area contributed by atoms with Crippen LogP contribution in [0.25, 0.3) is 0 Å². The number of imide groups is 1. The SMILES string of the molecule is O=C(O)c1cc(N2C(=O)c3ccccc3C2=O)ccc1NCC1CCCO1. The van der Waals surface area contributed by atoms with Gasteiger partial charge in [-0.25, -0.2) is 9.69 Å².